The van der Waals surface area contributed by atoms with Crippen molar-refractivity contribution in [3.63, 3.8) is 0 Å². The van der Waals surface area contributed by atoms with Gasteiger partial charge in [0, 0.05) is 12.1 Å². The van der Waals surface area contributed by atoms with Gasteiger partial charge in [-0.2, -0.15) is 0 Å². The molecule has 19 heavy (non-hydrogen) atoms. The van der Waals surface area contributed by atoms with E-state index >= 15 is 0 Å². The first-order valence-corrected chi connectivity index (χ1v) is 5.93. The summed E-state index contributed by atoms with van der Waals surface area (Å²) < 4.78 is 7.22. The second kappa shape index (κ2) is 4.34. The van der Waals surface area contributed by atoms with Gasteiger partial charge in [0.25, 0.3) is 5.69 Å². The molecule has 0 bridgehead atoms. The number of aromatic nitrogens is 3. The molecule has 1 fully saturated rings. The van der Waals surface area contributed by atoms with Crippen LogP contribution in [-0.2, 0) is 0 Å². The molecule has 0 aliphatic heterocycles. The maximum absolute atomic E-state index is 10.8. The second-order valence-electron chi connectivity index (χ2n) is 4.43. The molecule has 2 aromatic rings. The van der Waals surface area contributed by atoms with Crippen molar-refractivity contribution in [1.29, 1.82) is 0 Å². The molecule has 1 aromatic heterocycles. The lowest BCUT2D eigenvalue weighted by atomic mass is 10.1. The van der Waals surface area contributed by atoms with Crippen LogP contribution in [0.4, 0.5) is 5.69 Å². The van der Waals surface area contributed by atoms with Crippen LogP contribution in [0.25, 0.3) is 11.4 Å². The van der Waals surface area contributed by atoms with Crippen molar-refractivity contribution in [2.24, 2.45) is 0 Å². The number of benzene rings is 1. The van der Waals surface area contributed by atoms with Crippen LogP contribution in [0, 0.1) is 10.1 Å². The molecule has 1 aromatic carbocycles. The lowest BCUT2D eigenvalue weighted by Crippen LogP contribution is -1.99. The van der Waals surface area contributed by atoms with Gasteiger partial charge < -0.3 is 9.30 Å². The van der Waals surface area contributed by atoms with Crippen LogP contribution < -0.4 is 4.74 Å². The van der Waals surface area contributed by atoms with Gasteiger partial charge in [-0.15, -0.1) is 10.2 Å². The van der Waals surface area contributed by atoms with Gasteiger partial charge in [-0.25, -0.2) is 0 Å². The van der Waals surface area contributed by atoms with Gasteiger partial charge >= 0.3 is 0 Å². The molecule has 1 saturated carbocycles. The molecular formula is C12H12N4O3. The lowest BCUT2D eigenvalue weighted by molar-refractivity contribution is -0.384. The fourth-order valence-electron chi connectivity index (χ4n) is 2.03. The number of hydrogen-bond donors (Lipinski definition) is 0. The van der Waals surface area contributed by atoms with Crippen LogP contribution in [0.5, 0.6) is 5.75 Å². The summed E-state index contributed by atoms with van der Waals surface area (Å²) in [4.78, 5) is 10.3. The van der Waals surface area contributed by atoms with E-state index in [1.807, 2.05) is 4.57 Å². The Morgan fingerprint density at radius 1 is 1.47 bits per heavy atom. The molecule has 98 valence electrons. The summed E-state index contributed by atoms with van der Waals surface area (Å²) in [6, 6.07) is 4.94. The van der Waals surface area contributed by atoms with Crippen molar-refractivity contribution in [1.82, 2.24) is 14.8 Å². The minimum absolute atomic E-state index is 0.00177. The Morgan fingerprint density at radius 2 is 2.26 bits per heavy atom. The summed E-state index contributed by atoms with van der Waals surface area (Å²) in [5.41, 5.74) is 0.718. The van der Waals surface area contributed by atoms with Gasteiger partial charge in [0.2, 0.25) is 0 Å². The van der Waals surface area contributed by atoms with Crippen molar-refractivity contribution >= 4 is 5.69 Å². The molecule has 0 radical (unpaired) electrons. The Bertz CT molecular complexity index is 634. The highest BCUT2D eigenvalue weighted by atomic mass is 16.6. The van der Waals surface area contributed by atoms with Crippen molar-refractivity contribution in [3.8, 4) is 17.1 Å². The Morgan fingerprint density at radius 3 is 2.89 bits per heavy atom. The van der Waals surface area contributed by atoms with E-state index in [0.717, 1.165) is 18.4 Å². The molecule has 7 heteroatoms. The number of hydrogen-bond acceptors (Lipinski definition) is 5. The fraction of sp³-hybridized carbons (Fsp3) is 0.333. The van der Waals surface area contributed by atoms with Gasteiger partial charge in [-0.1, -0.05) is 0 Å². The maximum Gasteiger partial charge on any atom is 0.273 e. The largest absolute Gasteiger partial charge is 0.496 e. The summed E-state index contributed by atoms with van der Waals surface area (Å²) in [7, 11) is 1.49. The topological polar surface area (TPSA) is 83.1 Å². The molecule has 1 heterocycles. The predicted molar refractivity (Wildman–Crippen MR) is 66.9 cm³/mol. The van der Waals surface area contributed by atoms with Crippen LogP contribution in [0.15, 0.2) is 24.5 Å². The van der Waals surface area contributed by atoms with Crippen molar-refractivity contribution < 1.29 is 9.66 Å². The molecule has 7 nitrogen and oxygen atoms in total. The molecule has 0 spiro atoms. The smallest absolute Gasteiger partial charge is 0.273 e. The lowest BCUT2D eigenvalue weighted by Gasteiger charge is -2.09. The number of nitro benzene ring substituents is 1. The van der Waals surface area contributed by atoms with E-state index in [0.29, 0.717) is 17.6 Å². The van der Waals surface area contributed by atoms with Crippen molar-refractivity contribution in [3.05, 3.63) is 34.6 Å². The third-order valence-electron chi connectivity index (χ3n) is 3.15. The standard InChI is InChI=1S/C12H12N4O3/c1-19-11-6-9(16(17)18)4-5-10(11)12-14-13-7-15(12)8-2-3-8/h4-8H,2-3H2,1H3. The van der Waals surface area contributed by atoms with E-state index in [-0.39, 0.29) is 5.69 Å². The van der Waals surface area contributed by atoms with Crippen LogP contribution in [0.2, 0.25) is 0 Å². The van der Waals surface area contributed by atoms with Gasteiger partial charge in [-0.3, -0.25) is 10.1 Å². The molecule has 0 N–H and O–H groups in total. The summed E-state index contributed by atoms with van der Waals surface area (Å²) in [6.45, 7) is 0. The minimum atomic E-state index is -0.447. The number of ether oxygens (including phenoxy) is 1. The third kappa shape index (κ3) is 2.03. The molecule has 0 atom stereocenters. The quantitative estimate of drug-likeness (QED) is 0.621. The minimum Gasteiger partial charge on any atom is -0.496 e. The summed E-state index contributed by atoms with van der Waals surface area (Å²) in [5, 5.41) is 18.8. The van der Waals surface area contributed by atoms with Crippen LogP contribution in [0.3, 0.4) is 0 Å². The Hall–Kier alpha value is -2.44. The SMILES string of the molecule is COc1cc([N+](=O)[O-])ccc1-c1nncn1C1CC1. The number of methoxy groups -OCH3 is 1. The normalized spacial score (nSPS) is 14.4. The summed E-state index contributed by atoms with van der Waals surface area (Å²) in [5.74, 6) is 1.12. The third-order valence-corrected chi connectivity index (χ3v) is 3.15. The van der Waals surface area contributed by atoms with Crippen molar-refractivity contribution in [2.45, 2.75) is 18.9 Å². The average Bonchev–Trinajstić information content (AvgIpc) is 3.15. The zero-order valence-corrected chi connectivity index (χ0v) is 10.3. The first-order valence-electron chi connectivity index (χ1n) is 5.93. The highest BCUT2D eigenvalue weighted by Gasteiger charge is 2.27. The van der Waals surface area contributed by atoms with E-state index in [9.17, 15) is 10.1 Å². The molecule has 0 saturated heterocycles. The highest BCUT2D eigenvalue weighted by molar-refractivity contribution is 5.67. The predicted octanol–water partition coefficient (Wildman–Crippen LogP) is 2.20. The molecule has 0 unspecified atom stereocenters. The Balaban J connectivity index is 2.08. The Kier molecular flexibility index (Phi) is 2.66. The van der Waals surface area contributed by atoms with Gasteiger partial charge in [0.15, 0.2) is 5.82 Å². The monoisotopic (exact) mass is 260 g/mol. The number of non-ortho nitro benzene ring substituents is 1. The van der Waals surface area contributed by atoms with E-state index < -0.39 is 4.92 Å². The van der Waals surface area contributed by atoms with E-state index in [1.165, 1.54) is 19.2 Å². The first-order chi connectivity index (χ1) is 9.20. The maximum atomic E-state index is 10.8. The average molecular weight is 260 g/mol. The number of nitrogens with zero attached hydrogens (tertiary/aromatic N) is 4. The zero-order valence-electron chi connectivity index (χ0n) is 10.3. The van der Waals surface area contributed by atoms with Gasteiger partial charge in [0.1, 0.15) is 12.1 Å². The molecular weight excluding hydrogens is 248 g/mol. The number of rotatable bonds is 4. The highest BCUT2D eigenvalue weighted by Crippen LogP contribution is 2.40. The van der Waals surface area contributed by atoms with Crippen LogP contribution in [0.1, 0.15) is 18.9 Å². The zero-order chi connectivity index (χ0) is 13.4. The van der Waals surface area contributed by atoms with Crippen LogP contribution in [-0.4, -0.2) is 26.8 Å². The second-order valence-corrected chi connectivity index (χ2v) is 4.43. The van der Waals surface area contributed by atoms with Crippen molar-refractivity contribution in [2.75, 3.05) is 7.11 Å². The summed E-state index contributed by atoms with van der Waals surface area (Å²) >= 11 is 0. The number of nitro groups is 1. The molecule has 1 aliphatic rings. The van der Waals surface area contributed by atoms with Gasteiger partial charge in [0.05, 0.1) is 23.7 Å². The first kappa shape index (κ1) is 11.6. The van der Waals surface area contributed by atoms with Crippen LogP contribution >= 0.6 is 0 Å². The molecule has 1 aliphatic carbocycles. The molecule has 0 amide bonds. The van der Waals surface area contributed by atoms with E-state index in [1.54, 1.807) is 12.4 Å². The Labute approximate surface area is 109 Å². The fourth-order valence-corrected chi connectivity index (χ4v) is 2.03. The summed E-state index contributed by atoms with van der Waals surface area (Å²) in [6.07, 6.45) is 3.91. The van der Waals surface area contributed by atoms with E-state index in [2.05, 4.69) is 10.2 Å². The molecule has 3 rings (SSSR count). The van der Waals surface area contributed by atoms with E-state index in [4.69, 9.17) is 4.74 Å². The van der Waals surface area contributed by atoms with Gasteiger partial charge in [-0.05, 0) is 18.9 Å².